The lowest BCUT2D eigenvalue weighted by Crippen LogP contribution is -1.79. The van der Waals surface area contributed by atoms with Crippen molar-refractivity contribution in [2.24, 2.45) is 5.92 Å². The monoisotopic (exact) mass is 160 g/mol. The lowest BCUT2D eigenvalue weighted by Gasteiger charge is -1.92. The molecule has 12 heavy (non-hydrogen) atoms. The molecular formula is C10H12N2. The topological polar surface area (TPSA) is 28.7 Å². The van der Waals surface area contributed by atoms with E-state index in [2.05, 4.69) is 41.4 Å². The Bertz CT molecular complexity index is 345. The molecule has 0 saturated heterocycles. The maximum absolute atomic E-state index is 4.19. The molecule has 1 heterocycles. The highest BCUT2D eigenvalue weighted by atomic mass is 15.1. The molecule has 1 aliphatic rings. The first-order valence-corrected chi connectivity index (χ1v) is 4.19. The first-order chi connectivity index (χ1) is 5.77. The zero-order chi connectivity index (χ0) is 8.55. The smallest absolute Gasteiger partial charge is 0.0920 e. The van der Waals surface area contributed by atoms with Gasteiger partial charge in [0.05, 0.1) is 5.69 Å². The Labute approximate surface area is 72.0 Å². The van der Waals surface area contributed by atoms with Crippen molar-refractivity contribution in [1.29, 1.82) is 0 Å². The Morgan fingerprint density at radius 3 is 2.92 bits per heavy atom. The van der Waals surface area contributed by atoms with Gasteiger partial charge < -0.3 is 0 Å². The number of hydrogen-bond donors (Lipinski definition) is 1. The van der Waals surface area contributed by atoms with Crippen LogP contribution < -0.4 is 0 Å². The molecule has 0 radical (unpaired) electrons. The van der Waals surface area contributed by atoms with Crippen molar-refractivity contribution in [2.45, 2.75) is 13.8 Å². The second-order valence-corrected chi connectivity index (χ2v) is 3.22. The number of aromatic amines is 1. The Hall–Kier alpha value is -1.31. The van der Waals surface area contributed by atoms with Crippen LogP contribution in [0.25, 0.3) is 12.2 Å². The van der Waals surface area contributed by atoms with Gasteiger partial charge in [0, 0.05) is 11.3 Å². The van der Waals surface area contributed by atoms with Gasteiger partial charge in [-0.1, -0.05) is 25.2 Å². The van der Waals surface area contributed by atoms with Gasteiger partial charge in [0.2, 0.25) is 0 Å². The molecule has 0 fully saturated rings. The summed E-state index contributed by atoms with van der Waals surface area (Å²) in [5, 5.41) is 7.16. The fourth-order valence-electron chi connectivity index (χ4n) is 1.35. The number of aryl methyl sites for hydroxylation is 1. The average Bonchev–Trinajstić information content (AvgIpc) is 2.28. The molecule has 1 unspecified atom stereocenters. The molecule has 1 aromatic rings. The van der Waals surface area contributed by atoms with Gasteiger partial charge in [-0.2, -0.15) is 5.10 Å². The van der Waals surface area contributed by atoms with Crippen LogP contribution in [0.4, 0.5) is 0 Å². The number of H-pyrrole nitrogens is 1. The highest BCUT2D eigenvalue weighted by Crippen LogP contribution is 2.19. The van der Waals surface area contributed by atoms with E-state index in [1.807, 2.05) is 6.92 Å². The molecule has 0 bridgehead atoms. The van der Waals surface area contributed by atoms with Crippen LogP contribution in [0.1, 0.15) is 23.9 Å². The summed E-state index contributed by atoms with van der Waals surface area (Å²) in [6.07, 6.45) is 8.55. The van der Waals surface area contributed by atoms with E-state index >= 15 is 0 Å². The third-order valence-corrected chi connectivity index (χ3v) is 2.15. The van der Waals surface area contributed by atoms with Crippen LogP contribution in [0.5, 0.6) is 0 Å². The molecule has 0 aromatic carbocycles. The van der Waals surface area contributed by atoms with Crippen molar-refractivity contribution in [1.82, 2.24) is 10.2 Å². The number of fused-ring (bicyclic) bond motifs is 1. The van der Waals surface area contributed by atoms with Gasteiger partial charge in [-0.3, -0.25) is 5.10 Å². The zero-order valence-corrected chi connectivity index (χ0v) is 7.33. The molecule has 0 saturated carbocycles. The second kappa shape index (κ2) is 2.63. The number of rotatable bonds is 0. The summed E-state index contributed by atoms with van der Waals surface area (Å²) in [6, 6.07) is 0. The van der Waals surface area contributed by atoms with Crippen LogP contribution in [-0.4, -0.2) is 10.2 Å². The van der Waals surface area contributed by atoms with Crippen molar-refractivity contribution in [3.63, 3.8) is 0 Å². The van der Waals surface area contributed by atoms with Crippen LogP contribution in [0.3, 0.4) is 0 Å². The normalized spacial score (nSPS) is 20.7. The molecule has 1 atom stereocenters. The molecule has 2 heteroatoms. The Morgan fingerprint density at radius 1 is 1.33 bits per heavy atom. The van der Waals surface area contributed by atoms with Gasteiger partial charge in [0.15, 0.2) is 0 Å². The third-order valence-electron chi connectivity index (χ3n) is 2.15. The van der Waals surface area contributed by atoms with E-state index in [0.717, 1.165) is 11.4 Å². The SMILES string of the molecule is Cc1[nH]nc2c1C=CC(C)C=C2. The molecule has 0 aliphatic heterocycles. The first-order valence-electron chi connectivity index (χ1n) is 4.19. The van der Waals surface area contributed by atoms with Gasteiger partial charge in [0.1, 0.15) is 0 Å². The summed E-state index contributed by atoms with van der Waals surface area (Å²) in [6.45, 7) is 4.21. The summed E-state index contributed by atoms with van der Waals surface area (Å²) in [4.78, 5) is 0. The standard InChI is InChI=1S/C10H12N2/c1-7-3-5-9-8(2)11-12-10(9)6-4-7/h3-7H,1-2H3,(H,11,12). The van der Waals surface area contributed by atoms with Crippen LogP contribution in [0.15, 0.2) is 12.2 Å². The van der Waals surface area contributed by atoms with E-state index in [1.165, 1.54) is 5.56 Å². The van der Waals surface area contributed by atoms with E-state index in [4.69, 9.17) is 0 Å². The summed E-state index contributed by atoms with van der Waals surface area (Å²) in [5.74, 6) is 0.513. The van der Waals surface area contributed by atoms with Gasteiger partial charge in [-0.05, 0) is 18.9 Å². The van der Waals surface area contributed by atoms with Crippen molar-refractivity contribution < 1.29 is 0 Å². The number of nitrogens with zero attached hydrogens (tertiary/aromatic N) is 1. The fraction of sp³-hybridized carbons (Fsp3) is 0.300. The zero-order valence-electron chi connectivity index (χ0n) is 7.33. The lowest BCUT2D eigenvalue weighted by atomic mass is 10.1. The van der Waals surface area contributed by atoms with E-state index in [0.29, 0.717) is 5.92 Å². The van der Waals surface area contributed by atoms with Crippen molar-refractivity contribution in [3.8, 4) is 0 Å². The van der Waals surface area contributed by atoms with Crippen LogP contribution >= 0.6 is 0 Å². The largest absolute Gasteiger partial charge is 0.282 e. The molecule has 2 nitrogen and oxygen atoms in total. The summed E-state index contributed by atoms with van der Waals surface area (Å²) in [7, 11) is 0. The Morgan fingerprint density at radius 2 is 2.08 bits per heavy atom. The molecule has 2 rings (SSSR count). The van der Waals surface area contributed by atoms with E-state index in [-0.39, 0.29) is 0 Å². The Kier molecular flexibility index (Phi) is 1.61. The molecule has 1 N–H and O–H groups in total. The second-order valence-electron chi connectivity index (χ2n) is 3.22. The minimum Gasteiger partial charge on any atom is -0.282 e. The quantitative estimate of drug-likeness (QED) is 0.620. The molecular weight excluding hydrogens is 148 g/mol. The molecule has 0 spiro atoms. The minimum absolute atomic E-state index is 0.513. The van der Waals surface area contributed by atoms with Crippen molar-refractivity contribution in [2.75, 3.05) is 0 Å². The van der Waals surface area contributed by atoms with Gasteiger partial charge >= 0.3 is 0 Å². The predicted octanol–water partition coefficient (Wildman–Crippen LogP) is 2.39. The summed E-state index contributed by atoms with van der Waals surface area (Å²) in [5.41, 5.74) is 3.41. The fourth-order valence-corrected chi connectivity index (χ4v) is 1.35. The molecule has 62 valence electrons. The number of aromatic nitrogens is 2. The third kappa shape index (κ3) is 1.09. The summed E-state index contributed by atoms with van der Waals surface area (Å²) >= 11 is 0. The van der Waals surface area contributed by atoms with E-state index in [9.17, 15) is 0 Å². The maximum atomic E-state index is 4.19. The van der Waals surface area contributed by atoms with Crippen LogP contribution in [-0.2, 0) is 0 Å². The van der Waals surface area contributed by atoms with Crippen LogP contribution in [0.2, 0.25) is 0 Å². The number of nitrogens with one attached hydrogen (secondary N) is 1. The van der Waals surface area contributed by atoms with Crippen molar-refractivity contribution in [3.05, 3.63) is 29.1 Å². The highest BCUT2D eigenvalue weighted by molar-refractivity contribution is 5.66. The van der Waals surface area contributed by atoms with Gasteiger partial charge in [-0.15, -0.1) is 0 Å². The summed E-state index contributed by atoms with van der Waals surface area (Å²) < 4.78 is 0. The number of allylic oxidation sites excluding steroid dienone is 2. The molecule has 1 aliphatic carbocycles. The molecule has 0 amide bonds. The number of hydrogen-bond acceptors (Lipinski definition) is 1. The van der Waals surface area contributed by atoms with Crippen molar-refractivity contribution >= 4 is 12.2 Å². The predicted molar refractivity (Wildman–Crippen MR) is 50.6 cm³/mol. The minimum atomic E-state index is 0.513. The van der Waals surface area contributed by atoms with Gasteiger partial charge in [0.25, 0.3) is 0 Å². The van der Waals surface area contributed by atoms with Gasteiger partial charge in [-0.25, -0.2) is 0 Å². The van der Waals surface area contributed by atoms with E-state index in [1.54, 1.807) is 0 Å². The van der Waals surface area contributed by atoms with E-state index < -0.39 is 0 Å². The lowest BCUT2D eigenvalue weighted by molar-refractivity contribution is 0.951. The Balaban J connectivity index is 2.54. The maximum Gasteiger partial charge on any atom is 0.0920 e. The van der Waals surface area contributed by atoms with Crippen LogP contribution in [0, 0.1) is 12.8 Å². The average molecular weight is 160 g/mol. The first kappa shape index (κ1) is 7.35. The molecule has 1 aromatic heterocycles. The highest BCUT2D eigenvalue weighted by Gasteiger charge is 2.07.